The van der Waals surface area contributed by atoms with E-state index < -0.39 is 0 Å². The Kier molecular flexibility index (Phi) is 4.52. The summed E-state index contributed by atoms with van der Waals surface area (Å²) in [6.45, 7) is 8.42. The Morgan fingerprint density at radius 1 is 0.542 bits per heavy atom. The molecule has 1 heterocycles. The highest BCUT2D eigenvalue weighted by molar-refractivity contribution is 5.68. The Hall–Kier alpha value is -2.81. The van der Waals surface area contributed by atoms with E-state index in [1.807, 2.05) is 18.2 Å². The van der Waals surface area contributed by atoms with Crippen molar-refractivity contribution in [2.75, 3.05) is 10.6 Å². The number of aromatic nitrogens is 1. The minimum atomic E-state index is 0.837. The summed E-state index contributed by atoms with van der Waals surface area (Å²) in [7, 11) is 0. The van der Waals surface area contributed by atoms with Gasteiger partial charge in [0.1, 0.15) is 11.6 Å². The molecular weight excluding hydrogens is 294 g/mol. The molecule has 0 bridgehead atoms. The molecule has 0 radical (unpaired) electrons. The molecule has 0 fully saturated rings. The van der Waals surface area contributed by atoms with Gasteiger partial charge in [-0.1, -0.05) is 42.5 Å². The number of benzene rings is 2. The van der Waals surface area contributed by atoms with Crippen LogP contribution in [0.2, 0.25) is 0 Å². The summed E-state index contributed by atoms with van der Waals surface area (Å²) < 4.78 is 0. The van der Waals surface area contributed by atoms with Crippen LogP contribution >= 0.6 is 0 Å². The Morgan fingerprint density at radius 3 is 1.25 bits per heavy atom. The number of aryl methyl sites for hydroxylation is 4. The normalized spacial score (nSPS) is 10.5. The van der Waals surface area contributed by atoms with E-state index in [1.54, 1.807) is 0 Å². The molecule has 0 aliphatic heterocycles. The zero-order valence-electron chi connectivity index (χ0n) is 14.6. The molecule has 3 aromatic rings. The maximum absolute atomic E-state index is 4.71. The van der Waals surface area contributed by atoms with Gasteiger partial charge in [0.2, 0.25) is 0 Å². The lowest BCUT2D eigenvalue weighted by molar-refractivity contribution is 1.26. The molecule has 0 saturated carbocycles. The zero-order valence-corrected chi connectivity index (χ0v) is 14.6. The van der Waals surface area contributed by atoms with Gasteiger partial charge in [-0.05, 0) is 62.1 Å². The van der Waals surface area contributed by atoms with Crippen molar-refractivity contribution in [1.82, 2.24) is 4.98 Å². The summed E-state index contributed by atoms with van der Waals surface area (Å²) in [4.78, 5) is 4.71. The van der Waals surface area contributed by atoms with Gasteiger partial charge >= 0.3 is 0 Å². The van der Waals surface area contributed by atoms with Crippen LogP contribution in [0.5, 0.6) is 0 Å². The van der Waals surface area contributed by atoms with Crippen LogP contribution in [0.1, 0.15) is 22.3 Å². The van der Waals surface area contributed by atoms with Crippen LogP contribution in [-0.4, -0.2) is 4.98 Å². The van der Waals surface area contributed by atoms with Crippen LogP contribution in [0.3, 0.4) is 0 Å². The molecule has 3 nitrogen and oxygen atoms in total. The molecule has 0 spiro atoms. The molecule has 3 heteroatoms. The SMILES string of the molecule is Cc1cccc(C)c1Nc1cccc(Nc2c(C)cccc2C)n1. The summed E-state index contributed by atoms with van der Waals surface area (Å²) >= 11 is 0. The van der Waals surface area contributed by atoms with Crippen molar-refractivity contribution in [3.05, 3.63) is 76.9 Å². The van der Waals surface area contributed by atoms with Gasteiger partial charge in [0.15, 0.2) is 0 Å². The van der Waals surface area contributed by atoms with E-state index >= 15 is 0 Å². The zero-order chi connectivity index (χ0) is 17.1. The van der Waals surface area contributed by atoms with Crippen LogP contribution in [0.4, 0.5) is 23.0 Å². The van der Waals surface area contributed by atoms with Crippen molar-refractivity contribution in [3.63, 3.8) is 0 Å². The maximum atomic E-state index is 4.71. The number of rotatable bonds is 4. The third-order valence-electron chi connectivity index (χ3n) is 4.22. The van der Waals surface area contributed by atoms with Gasteiger partial charge in [-0.25, -0.2) is 4.98 Å². The molecule has 2 N–H and O–H groups in total. The predicted molar refractivity (Wildman–Crippen MR) is 103 cm³/mol. The fraction of sp³-hybridized carbons (Fsp3) is 0.190. The van der Waals surface area contributed by atoms with Gasteiger partial charge in [0.05, 0.1) is 0 Å². The topological polar surface area (TPSA) is 37.0 Å². The number of nitrogens with zero attached hydrogens (tertiary/aromatic N) is 1. The highest BCUT2D eigenvalue weighted by atomic mass is 15.1. The number of hydrogen-bond acceptors (Lipinski definition) is 3. The minimum Gasteiger partial charge on any atom is -0.340 e. The third-order valence-corrected chi connectivity index (χ3v) is 4.22. The highest BCUT2D eigenvalue weighted by Crippen LogP contribution is 2.26. The molecule has 2 aromatic carbocycles. The van der Waals surface area contributed by atoms with Crippen LogP contribution in [-0.2, 0) is 0 Å². The molecule has 0 amide bonds. The van der Waals surface area contributed by atoms with E-state index in [2.05, 4.69) is 74.7 Å². The quantitative estimate of drug-likeness (QED) is 0.638. The number of para-hydroxylation sites is 2. The van der Waals surface area contributed by atoms with Crippen molar-refractivity contribution in [1.29, 1.82) is 0 Å². The molecule has 122 valence electrons. The first-order valence-corrected chi connectivity index (χ1v) is 8.18. The Bertz CT molecular complexity index is 759. The van der Waals surface area contributed by atoms with Crippen LogP contribution in [0, 0.1) is 27.7 Å². The lowest BCUT2D eigenvalue weighted by atomic mass is 10.1. The van der Waals surface area contributed by atoms with E-state index in [0.717, 1.165) is 23.0 Å². The van der Waals surface area contributed by atoms with E-state index in [4.69, 9.17) is 4.98 Å². The summed E-state index contributed by atoms with van der Waals surface area (Å²) in [5.41, 5.74) is 7.09. The largest absolute Gasteiger partial charge is 0.340 e. The Balaban J connectivity index is 1.87. The van der Waals surface area contributed by atoms with Crippen LogP contribution in [0.25, 0.3) is 0 Å². The van der Waals surface area contributed by atoms with Gasteiger partial charge < -0.3 is 10.6 Å². The molecule has 0 atom stereocenters. The van der Waals surface area contributed by atoms with E-state index in [0.29, 0.717) is 0 Å². The first-order valence-electron chi connectivity index (χ1n) is 8.18. The lowest BCUT2D eigenvalue weighted by Gasteiger charge is -2.15. The molecule has 1 aromatic heterocycles. The summed E-state index contributed by atoms with van der Waals surface area (Å²) in [6, 6.07) is 18.6. The third kappa shape index (κ3) is 3.40. The second-order valence-corrected chi connectivity index (χ2v) is 6.19. The van der Waals surface area contributed by atoms with Crippen LogP contribution < -0.4 is 10.6 Å². The molecule has 0 saturated heterocycles. The average Bonchev–Trinajstić information content (AvgIpc) is 2.55. The van der Waals surface area contributed by atoms with Gasteiger partial charge in [0, 0.05) is 11.4 Å². The minimum absolute atomic E-state index is 0.837. The number of pyridine rings is 1. The number of hydrogen-bond donors (Lipinski definition) is 2. The average molecular weight is 317 g/mol. The van der Waals surface area contributed by atoms with Crippen molar-refractivity contribution >= 4 is 23.0 Å². The van der Waals surface area contributed by atoms with Gasteiger partial charge in [-0.15, -0.1) is 0 Å². The molecule has 0 aliphatic carbocycles. The standard InChI is InChI=1S/C21H23N3/c1-14-8-5-9-15(2)20(14)23-18-12-7-13-19(22-18)24-21-16(3)10-6-11-17(21)4/h5-13H,1-4H3,(H2,22,23,24). The first-order chi connectivity index (χ1) is 11.5. The molecule has 3 rings (SSSR count). The first kappa shape index (κ1) is 16.1. The predicted octanol–water partition coefficient (Wildman–Crippen LogP) is 5.80. The Labute approximate surface area is 143 Å². The molecular formula is C21H23N3. The lowest BCUT2D eigenvalue weighted by Crippen LogP contribution is -2.02. The van der Waals surface area contributed by atoms with E-state index in [1.165, 1.54) is 22.3 Å². The Morgan fingerprint density at radius 2 is 0.875 bits per heavy atom. The highest BCUT2D eigenvalue weighted by Gasteiger charge is 2.06. The van der Waals surface area contributed by atoms with Crippen molar-refractivity contribution in [3.8, 4) is 0 Å². The van der Waals surface area contributed by atoms with Gasteiger partial charge in [-0.2, -0.15) is 0 Å². The van der Waals surface area contributed by atoms with Gasteiger partial charge in [0.25, 0.3) is 0 Å². The van der Waals surface area contributed by atoms with Gasteiger partial charge in [-0.3, -0.25) is 0 Å². The fourth-order valence-corrected chi connectivity index (χ4v) is 2.85. The smallest absolute Gasteiger partial charge is 0.132 e. The molecule has 0 unspecified atom stereocenters. The van der Waals surface area contributed by atoms with Crippen molar-refractivity contribution in [2.45, 2.75) is 27.7 Å². The molecule has 24 heavy (non-hydrogen) atoms. The monoisotopic (exact) mass is 317 g/mol. The van der Waals surface area contributed by atoms with Crippen LogP contribution in [0.15, 0.2) is 54.6 Å². The molecule has 0 aliphatic rings. The second-order valence-electron chi connectivity index (χ2n) is 6.19. The van der Waals surface area contributed by atoms with Crippen molar-refractivity contribution in [2.24, 2.45) is 0 Å². The number of anilines is 4. The van der Waals surface area contributed by atoms with E-state index in [-0.39, 0.29) is 0 Å². The van der Waals surface area contributed by atoms with Crippen molar-refractivity contribution < 1.29 is 0 Å². The summed E-state index contributed by atoms with van der Waals surface area (Å²) in [6.07, 6.45) is 0. The summed E-state index contributed by atoms with van der Waals surface area (Å²) in [5, 5.41) is 6.89. The second kappa shape index (κ2) is 6.75. The number of nitrogens with one attached hydrogen (secondary N) is 2. The maximum Gasteiger partial charge on any atom is 0.132 e. The fourth-order valence-electron chi connectivity index (χ4n) is 2.85. The van der Waals surface area contributed by atoms with E-state index in [9.17, 15) is 0 Å². The summed E-state index contributed by atoms with van der Waals surface area (Å²) in [5.74, 6) is 1.67.